The average Bonchev–Trinajstić information content (AvgIpc) is 2.87. The van der Waals surface area contributed by atoms with E-state index in [1.807, 2.05) is 13.0 Å². The minimum absolute atomic E-state index is 0.0660. The lowest BCUT2D eigenvalue weighted by Crippen LogP contribution is -2.25. The minimum Gasteiger partial charge on any atom is -0.491 e. The predicted molar refractivity (Wildman–Crippen MR) is 111 cm³/mol. The smallest absolute Gasteiger partial charge is 0.416 e. The van der Waals surface area contributed by atoms with E-state index >= 15 is 0 Å². The van der Waals surface area contributed by atoms with E-state index in [0.717, 1.165) is 17.5 Å². The van der Waals surface area contributed by atoms with Gasteiger partial charge in [0, 0.05) is 17.8 Å². The number of nitrogens with one attached hydrogen (secondary N) is 1. The molecule has 9 heteroatoms. The molecule has 2 heterocycles. The Kier molecular flexibility index (Phi) is 5.20. The molecule has 1 amide bonds. The summed E-state index contributed by atoms with van der Waals surface area (Å²) in [6.07, 6.45) is -4.14. The molecule has 3 aromatic rings. The number of hydrogen-bond donors (Lipinski definition) is 1. The lowest BCUT2D eigenvalue weighted by molar-refractivity contribution is -0.137. The van der Waals surface area contributed by atoms with Crippen molar-refractivity contribution >= 4 is 28.2 Å². The summed E-state index contributed by atoms with van der Waals surface area (Å²) in [6.45, 7) is 3.86. The largest absolute Gasteiger partial charge is 0.491 e. The van der Waals surface area contributed by atoms with Gasteiger partial charge in [-0.25, -0.2) is 0 Å². The van der Waals surface area contributed by atoms with Crippen molar-refractivity contribution in [1.82, 2.24) is 10.2 Å². The van der Waals surface area contributed by atoms with Gasteiger partial charge < -0.3 is 15.0 Å². The van der Waals surface area contributed by atoms with Crippen LogP contribution in [0.15, 0.2) is 36.4 Å². The number of halogens is 3. The second kappa shape index (κ2) is 7.72. The first-order valence-corrected chi connectivity index (χ1v) is 9.79. The fourth-order valence-electron chi connectivity index (χ4n) is 3.60. The third kappa shape index (κ3) is 3.99. The van der Waals surface area contributed by atoms with Gasteiger partial charge in [-0.05, 0) is 43.7 Å². The molecule has 0 aliphatic carbocycles. The Morgan fingerprint density at radius 2 is 1.94 bits per heavy atom. The fourth-order valence-corrected chi connectivity index (χ4v) is 3.60. The van der Waals surface area contributed by atoms with Crippen molar-refractivity contribution in [3.63, 3.8) is 0 Å². The van der Waals surface area contributed by atoms with Crippen molar-refractivity contribution in [2.45, 2.75) is 32.5 Å². The lowest BCUT2D eigenvalue weighted by Gasteiger charge is -2.20. The van der Waals surface area contributed by atoms with Gasteiger partial charge in [0.2, 0.25) is 5.91 Å². The van der Waals surface area contributed by atoms with Crippen molar-refractivity contribution in [1.29, 1.82) is 0 Å². The van der Waals surface area contributed by atoms with Crippen molar-refractivity contribution in [3.8, 4) is 5.75 Å². The molecule has 1 atom stereocenters. The Balaban J connectivity index is 1.75. The van der Waals surface area contributed by atoms with Crippen molar-refractivity contribution in [2.24, 2.45) is 0 Å². The van der Waals surface area contributed by atoms with Gasteiger partial charge >= 0.3 is 6.18 Å². The summed E-state index contributed by atoms with van der Waals surface area (Å²) in [6, 6.07) is 8.33. The minimum atomic E-state index is -4.42. The summed E-state index contributed by atoms with van der Waals surface area (Å²) in [5.41, 5.74) is 1.05. The number of benzene rings is 2. The van der Waals surface area contributed by atoms with Crippen LogP contribution in [-0.4, -0.2) is 29.8 Å². The molecule has 1 aromatic heterocycles. The van der Waals surface area contributed by atoms with Crippen LogP contribution >= 0.6 is 0 Å². The number of nitrogens with zero attached hydrogens (tertiary/aromatic N) is 3. The standard InChI is InChI=1S/C22H21F3N4O2/c1-12(14-5-4-6-15(9-14)22(23,24)25)26-21-17-10-18-19(11-16(17)13(2)27-28-21)31-8-7-20(30)29(18)3/h4-6,9-12H,7-8H2,1-3H3,(H,26,28)/t12-/m1/s1. The molecule has 6 nitrogen and oxygen atoms in total. The summed E-state index contributed by atoms with van der Waals surface area (Å²) in [5, 5.41) is 13.1. The van der Waals surface area contributed by atoms with Crippen LogP contribution in [0.3, 0.4) is 0 Å². The number of fused-ring (bicyclic) bond motifs is 2. The molecule has 0 radical (unpaired) electrons. The van der Waals surface area contributed by atoms with Crippen LogP contribution in [0.1, 0.15) is 36.2 Å². The van der Waals surface area contributed by atoms with Gasteiger partial charge in [-0.15, -0.1) is 5.10 Å². The highest BCUT2D eigenvalue weighted by Crippen LogP contribution is 2.38. The summed E-state index contributed by atoms with van der Waals surface area (Å²) < 4.78 is 45.0. The highest BCUT2D eigenvalue weighted by Gasteiger charge is 2.31. The molecule has 1 aliphatic heterocycles. The maximum absolute atomic E-state index is 13.1. The van der Waals surface area contributed by atoms with Crippen LogP contribution in [-0.2, 0) is 11.0 Å². The number of aryl methyl sites for hydroxylation is 1. The summed E-state index contributed by atoms with van der Waals surface area (Å²) in [5.74, 6) is 0.927. The quantitative estimate of drug-likeness (QED) is 0.642. The first-order chi connectivity index (χ1) is 14.6. The van der Waals surface area contributed by atoms with Crippen LogP contribution in [0, 0.1) is 6.92 Å². The maximum atomic E-state index is 13.1. The molecule has 0 fully saturated rings. The van der Waals surface area contributed by atoms with Crippen LogP contribution < -0.4 is 15.0 Å². The number of ether oxygens (including phenoxy) is 1. The zero-order valence-electron chi connectivity index (χ0n) is 17.2. The van der Waals surface area contributed by atoms with E-state index in [-0.39, 0.29) is 18.9 Å². The molecular weight excluding hydrogens is 409 g/mol. The molecule has 0 saturated heterocycles. The van der Waals surface area contributed by atoms with E-state index in [4.69, 9.17) is 4.74 Å². The Morgan fingerprint density at radius 1 is 1.16 bits per heavy atom. The Bertz CT molecular complexity index is 1160. The number of rotatable bonds is 3. The van der Waals surface area contributed by atoms with Crippen LogP contribution in [0.5, 0.6) is 5.75 Å². The van der Waals surface area contributed by atoms with E-state index in [2.05, 4.69) is 15.5 Å². The Morgan fingerprint density at radius 3 is 2.68 bits per heavy atom. The van der Waals surface area contributed by atoms with Gasteiger partial charge in [-0.1, -0.05) is 12.1 Å². The predicted octanol–water partition coefficient (Wildman–Crippen LogP) is 4.88. The monoisotopic (exact) mass is 430 g/mol. The molecule has 0 saturated carbocycles. The van der Waals surface area contributed by atoms with Gasteiger partial charge in [0.05, 0.1) is 36.0 Å². The molecule has 0 spiro atoms. The zero-order valence-corrected chi connectivity index (χ0v) is 17.2. The molecular formula is C22H21F3N4O2. The number of alkyl halides is 3. The average molecular weight is 430 g/mol. The Labute approximate surface area is 177 Å². The number of carbonyl (C=O) groups excluding carboxylic acids is 1. The van der Waals surface area contributed by atoms with Crippen LogP contribution in [0.2, 0.25) is 0 Å². The van der Waals surface area contributed by atoms with E-state index in [0.29, 0.717) is 33.9 Å². The van der Waals surface area contributed by atoms with Gasteiger partial charge in [-0.2, -0.15) is 18.3 Å². The maximum Gasteiger partial charge on any atom is 0.416 e. The third-order valence-electron chi connectivity index (χ3n) is 5.42. The Hall–Kier alpha value is -3.36. The first kappa shape index (κ1) is 20.9. The van der Waals surface area contributed by atoms with Gasteiger partial charge in [0.25, 0.3) is 0 Å². The molecule has 4 rings (SSSR count). The molecule has 0 bridgehead atoms. The molecule has 162 valence electrons. The first-order valence-electron chi connectivity index (χ1n) is 9.79. The second-order valence-corrected chi connectivity index (χ2v) is 7.54. The summed E-state index contributed by atoms with van der Waals surface area (Å²) in [7, 11) is 1.68. The molecule has 0 unspecified atom stereocenters. The summed E-state index contributed by atoms with van der Waals surface area (Å²) >= 11 is 0. The van der Waals surface area contributed by atoms with Crippen molar-refractivity contribution < 1.29 is 22.7 Å². The number of aromatic nitrogens is 2. The van der Waals surface area contributed by atoms with Crippen molar-refractivity contribution in [2.75, 3.05) is 23.9 Å². The van der Waals surface area contributed by atoms with E-state index in [1.165, 1.54) is 11.0 Å². The molecule has 2 aromatic carbocycles. The number of anilines is 2. The second-order valence-electron chi connectivity index (χ2n) is 7.54. The van der Waals surface area contributed by atoms with Crippen LogP contribution in [0.25, 0.3) is 10.8 Å². The van der Waals surface area contributed by atoms with Crippen molar-refractivity contribution in [3.05, 3.63) is 53.2 Å². The van der Waals surface area contributed by atoms with E-state index in [1.54, 1.807) is 26.1 Å². The molecule has 1 N–H and O–H groups in total. The number of amides is 1. The normalized spacial score (nSPS) is 15.3. The third-order valence-corrected chi connectivity index (χ3v) is 5.42. The lowest BCUT2D eigenvalue weighted by atomic mass is 10.0. The zero-order chi connectivity index (χ0) is 22.3. The van der Waals surface area contributed by atoms with E-state index < -0.39 is 17.8 Å². The van der Waals surface area contributed by atoms with Crippen LogP contribution in [0.4, 0.5) is 24.7 Å². The number of carbonyl (C=O) groups is 1. The van der Waals surface area contributed by atoms with Gasteiger partial charge in [0.15, 0.2) is 5.82 Å². The fraction of sp³-hybridized carbons (Fsp3) is 0.318. The molecule has 1 aliphatic rings. The molecule has 31 heavy (non-hydrogen) atoms. The number of hydrogen-bond acceptors (Lipinski definition) is 5. The topological polar surface area (TPSA) is 67.4 Å². The highest BCUT2D eigenvalue weighted by molar-refractivity contribution is 6.02. The van der Waals surface area contributed by atoms with Gasteiger partial charge in [0.1, 0.15) is 5.75 Å². The summed E-state index contributed by atoms with van der Waals surface area (Å²) in [4.78, 5) is 13.8. The van der Waals surface area contributed by atoms with E-state index in [9.17, 15) is 18.0 Å². The highest BCUT2D eigenvalue weighted by atomic mass is 19.4. The SMILES string of the molecule is Cc1nnc(N[C@H](C)c2cccc(C(F)(F)F)c2)c2cc3c(cc12)OCCC(=O)N3C. The van der Waals surface area contributed by atoms with Gasteiger partial charge in [-0.3, -0.25) is 4.79 Å².